The fourth-order valence-electron chi connectivity index (χ4n) is 4.24. The molecule has 2 aromatic rings. The van der Waals surface area contributed by atoms with E-state index in [2.05, 4.69) is 41.3 Å². The van der Waals surface area contributed by atoms with Crippen LogP contribution in [0.25, 0.3) is 0 Å². The number of hydrogen-bond acceptors (Lipinski definition) is 6. The van der Waals surface area contributed by atoms with Gasteiger partial charge in [-0.1, -0.05) is 36.3 Å². The second kappa shape index (κ2) is 9.14. The van der Waals surface area contributed by atoms with Crippen molar-refractivity contribution in [3.8, 4) is 0 Å². The van der Waals surface area contributed by atoms with Crippen molar-refractivity contribution in [3.05, 3.63) is 47.1 Å². The van der Waals surface area contributed by atoms with E-state index in [1.54, 1.807) is 12.0 Å². The Labute approximate surface area is 176 Å². The van der Waals surface area contributed by atoms with E-state index in [9.17, 15) is 9.90 Å². The van der Waals surface area contributed by atoms with Crippen molar-refractivity contribution in [2.75, 3.05) is 39.9 Å². The van der Waals surface area contributed by atoms with Gasteiger partial charge in [0.05, 0.1) is 31.7 Å². The highest BCUT2D eigenvalue weighted by Gasteiger charge is 2.38. The highest BCUT2D eigenvalue weighted by atomic mass is 16.5. The molecule has 0 radical (unpaired) electrons. The molecule has 2 amide bonds. The maximum absolute atomic E-state index is 13.0. The number of piperidine rings is 1. The first-order valence-electron chi connectivity index (χ1n) is 10.7. The SMILES string of the molecule is CCc1ccc(C2CC(c3nc(CCOC)no3)CN(C(=O)N3CC(O)C3)C2)cc1. The Morgan fingerprint density at radius 1 is 1.17 bits per heavy atom. The number of aliphatic hydroxyl groups excluding tert-OH is 1. The molecule has 162 valence electrons. The van der Waals surface area contributed by atoms with Gasteiger partial charge in [0.1, 0.15) is 0 Å². The van der Waals surface area contributed by atoms with Crippen LogP contribution in [0.4, 0.5) is 4.79 Å². The normalized spacial score (nSPS) is 22.2. The summed E-state index contributed by atoms with van der Waals surface area (Å²) in [6.07, 6.45) is 2.04. The van der Waals surface area contributed by atoms with Crippen LogP contribution in [0.3, 0.4) is 0 Å². The van der Waals surface area contributed by atoms with E-state index in [1.807, 2.05) is 4.90 Å². The minimum atomic E-state index is -0.411. The van der Waals surface area contributed by atoms with Crippen LogP contribution in [0.1, 0.15) is 48.0 Å². The van der Waals surface area contributed by atoms with E-state index < -0.39 is 6.10 Å². The first kappa shape index (κ1) is 20.8. The van der Waals surface area contributed by atoms with E-state index in [-0.39, 0.29) is 17.9 Å². The number of likely N-dealkylation sites (tertiary alicyclic amines) is 2. The zero-order chi connectivity index (χ0) is 21.1. The first-order chi connectivity index (χ1) is 14.6. The molecule has 3 heterocycles. The molecular formula is C22H30N4O4. The van der Waals surface area contributed by atoms with Crippen LogP contribution in [0, 0.1) is 0 Å². The lowest BCUT2D eigenvalue weighted by Crippen LogP contribution is -2.59. The number of rotatable bonds is 6. The number of carbonyl (C=O) groups excluding carboxylic acids is 1. The Balaban J connectivity index is 1.54. The second-order valence-electron chi connectivity index (χ2n) is 8.26. The van der Waals surface area contributed by atoms with Gasteiger partial charge in [0.2, 0.25) is 5.89 Å². The minimum absolute atomic E-state index is 0.0199. The van der Waals surface area contributed by atoms with Gasteiger partial charge in [-0.15, -0.1) is 0 Å². The number of urea groups is 1. The summed E-state index contributed by atoms with van der Waals surface area (Å²) >= 11 is 0. The third-order valence-electron chi connectivity index (χ3n) is 6.08. The standard InChI is InChI=1S/C22H30N4O4/c1-3-15-4-6-16(7-5-15)17-10-18(21-23-20(24-30-21)8-9-29-2)12-25(11-17)22(28)26-13-19(27)14-26/h4-7,17-19,27H,3,8-14H2,1-2H3. The van der Waals surface area contributed by atoms with Crippen LogP contribution >= 0.6 is 0 Å². The molecule has 0 spiro atoms. The number of carbonyl (C=O) groups is 1. The molecule has 2 aliphatic rings. The molecule has 0 bridgehead atoms. The largest absolute Gasteiger partial charge is 0.389 e. The summed E-state index contributed by atoms with van der Waals surface area (Å²) < 4.78 is 10.7. The summed E-state index contributed by atoms with van der Waals surface area (Å²) in [5, 5.41) is 13.7. The number of benzene rings is 1. The Hall–Kier alpha value is -2.45. The van der Waals surface area contributed by atoms with Crippen molar-refractivity contribution in [2.45, 2.75) is 44.1 Å². The molecule has 2 saturated heterocycles. The van der Waals surface area contributed by atoms with Crippen molar-refractivity contribution < 1.29 is 19.2 Å². The molecule has 30 heavy (non-hydrogen) atoms. The maximum Gasteiger partial charge on any atom is 0.320 e. The number of aliphatic hydroxyl groups is 1. The average Bonchev–Trinajstić information content (AvgIpc) is 3.24. The van der Waals surface area contributed by atoms with Gasteiger partial charge < -0.3 is 24.2 Å². The van der Waals surface area contributed by atoms with Crippen molar-refractivity contribution in [1.82, 2.24) is 19.9 Å². The van der Waals surface area contributed by atoms with Gasteiger partial charge in [-0.3, -0.25) is 0 Å². The number of β-amino-alcohol motifs (C(OH)–C–C–N with tert-alkyl or cyclic N) is 1. The average molecular weight is 415 g/mol. The fourth-order valence-corrected chi connectivity index (χ4v) is 4.24. The molecular weight excluding hydrogens is 384 g/mol. The molecule has 0 aliphatic carbocycles. The molecule has 2 aliphatic heterocycles. The quantitative estimate of drug-likeness (QED) is 0.779. The smallest absolute Gasteiger partial charge is 0.320 e. The zero-order valence-electron chi connectivity index (χ0n) is 17.7. The van der Waals surface area contributed by atoms with Crippen LogP contribution in [-0.2, 0) is 17.6 Å². The van der Waals surface area contributed by atoms with Crippen molar-refractivity contribution in [1.29, 1.82) is 0 Å². The highest BCUT2D eigenvalue weighted by molar-refractivity contribution is 5.75. The van der Waals surface area contributed by atoms with Crippen LogP contribution < -0.4 is 0 Å². The predicted molar refractivity (Wildman–Crippen MR) is 110 cm³/mol. The minimum Gasteiger partial charge on any atom is -0.389 e. The van der Waals surface area contributed by atoms with Gasteiger partial charge in [0.15, 0.2) is 5.82 Å². The van der Waals surface area contributed by atoms with Gasteiger partial charge >= 0.3 is 6.03 Å². The van der Waals surface area contributed by atoms with Gasteiger partial charge in [0, 0.05) is 32.5 Å². The zero-order valence-corrected chi connectivity index (χ0v) is 17.7. The lowest BCUT2D eigenvalue weighted by molar-refractivity contribution is 0.0111. The van der Waals surface area contributed by atoms with E-state index >= 15 is 0 Å². The fraction of sp³-hybridized carbons (Fsp3) is 0.591. The Bertz CT molecular complexity index is 847. The number of nitrogens with zero attached hydrogens (tertiary/aromatic N) is 4. The molecule has 2 unspecified atom stereocenters. The van der Waals surface area contributed by atoms with Crippen molar-refractivity contribution in [3.63, 3.8) is 0 Å². The van der Waals surface area contributed by atoms with Crippen molar-refractivity contribution in [2.24, 2.45) is 0 Å². The predicted octanol–water partition coefficient (Wildman–Crippen LogP) is 2.19. The van der Waals surface area contributed by atoms with Gasteiger partial charge in [-0.2, -0.15) is 4.98 Å². The van der Waals surface area contributed by atoms with Gasteiger partial charge in [0.25, 0.3) is 0 Å². The van der Waals surface area contributed by atoms with Crippen LogP contribution in [-0.4, -0.2) is 77.1 Å². The molecule has 8 nitrogen and oxygen atoms in total. The second-order valence-corrected chi connectivity index (χ2v) is 8.26. The molecule has 4 rings (SSSR count). The van der Waals surface area contributed by atoms with Gasteiger partial charge in [-0.05, 0) is 24.0 Å². The third-order valence-corrected chi connectivity index (χ3v) is 6.08. The lowest BCUT2D eigenvalue weighted by atomic mass is 9.84. The van der Waals surface area contributed by atoms with E-state index in [1.165, 1.54) is 11.1 Å². The topological polar surface area (TPSA) is 91.9 Å². The Morgan fingerprint density at radius 2 is 1.87 bits per heavy atom. The summed E-state index contributed by atoms with van der Waals surface area (Å²) in [5.74, 6) is 1.38. The molecule has 1 aromatic heterocycles. The summed E-state index contributed by atoms with van der Waals surface area (Å²) in [5.41, 5.74) is 2.52. The van der Waals surface area contributed by atoms with Crippen LogP contribution in [0.5, 0.6) is 0 Å². The molecule has 1 N–H and O–H groups in total. The monoisotopic (exact) mass is 414 g/mol. The lowest BCUT2D eigenvalue weighted by Gasteiger charge is -2.43. The van der Waals surface area contributed by atoms with Crippen LogP contribution in [0.15, 0.2) is 28.8 Å². The first-order valence-corrected chi connectivity index (χ1v) is 10.7. The van der Waals surface area contributed by atoms with Crippen LogP contribution in [0.2, 0.25) is 0 Å². The van der Waals surface area contributed by atoms with E-state index in [0.29, 0.717) is 50.9 Å². The number of amides is 2. The maximum atomic E-state index is 13.0. The van der Waals surface area contributed by atoms with E-state index in [4.69, 9.17) is 9.26 Å². The molecule has 2 atom stereocenters. The summed E-state index contributed by atoms with van der Waals surface area (Å²) in [7, 11) is 1.65. The number of aryl methyl sites for hydroxylation is 1. The summed E-state index contributed by atoms with van der Waals surface area (Å²) in [6, 6.07) is 8.62. The Kier molecular flexibility index (Phi) is 6.34. The number of hydrogen-bond donors (Lipinski definition) is 1. The van der Waals surface area contributed by atoms with E-state index in [0.717, 1.165) is 12.8 Å². The van der Waals surface area contributed by atoms with Crippen molar-refractivity contribution >= 4 is 6.03 Å². The molecule has 2 fully saturated rings. The summed E-state index contributed by atoms with van der Waals surface area (Å²) in [4.78, 5) is 21.1. The molecule has 0 saturated carbocycles. The Morgan fingerprint density at radius 3 is 2.53 bits per heavy atom. The molecule has 1 aromatic carbocycles. The number of aromatic nitrogens is 2. The number of ether oxygens (including phenoxy) is 1. The third kappa shape index (κ3) is 4.49. The number of methoxy groups -OCH3 is 1. The highest BCUT2D eigenvalue weighted by Crippen LogP contribution is 2.36. The van der Waals surface area contributed by atoms with Gasteiger partial charge in [-0.25, -0.2) is 4.79 Å². The summed E-state index contributed by atoms with van der Waals surface area (Å²) in [6.45, 7) is 4.68. The molecule has 8 heteroatoms.